The number of piperidine rings is 1. The summed E-state index contributed by atoms with van der Waals surface area (Å²) in [6.07, 6.45) is 1.29. The van der Waals surface area contributed by atoms with Crippen LogP contribution in [0.5, 0.6) is 0 Å². The van der Waals surface area contributed by atoms with Crippen molar-refractivity contribution in [1.29, 1.82) is 0 Å². The third-order valence-corrected chi connectivity index (χ3v) is 6.82. The highest BCUT2D eigenvalue weighted by molar-refractivity contribution is 7.88. The van der Waals surface area contributed by atoms with Gasteiger partial charge in [-0.15, -0.1) is 0 Å². The minimum atomic E-state index is -3.63. The average Bonchev–Trinajstić information content (AvgIpc) is 2.58. The van der Waals surface area contributed by atoms with Crippen LogP contribution in [0, 0.1) is 5.92 Å². The molecule has 1 heterocycles. The number of benzene rings is 1. The first kappa shape index (κ1) is 21.4. The third kappa shape index (κ3) is 5.57. The third-order valence-electron chi connectivity index (χ3n) is 4.34. The van der Waals surface area contributed by atoms with E-state index in [1.807, 2.05) is 6.92 Å². The molecule has 1 aromatic carbocycles. The predicted molar refractivity (Wildman–Crippen MR) is 103 cm³/mol. The van der Waals surface area contributed by atoms with Gasteiger partial charge in [-0.25, -0.2) is 12.7 Å². The van der Waals surface area contributed by atoms with E-state index < -0.39 is 10.0 Å². The number of carbonyl (C=O) groups is 1. The average molecular weight is 423 g/mol. The summed E-state index contributed by atoms with van der Waals surface area (Å²) in [5.41, 5.74) is 0.385. The predicted octanol–water partition coefficient (Wildman–Crippen LogP) is 2.69. The molecule has 1 aromatic rings. The minimum Gasteiger partial charge on any atom is -0.383 e. The van der Waals surface area contributed by atoms with E-state index in [2.05, 4.69) is 5.32 Å². The van der Waals surface area contributed by atoms with Gasteiger partial charge in [0.1, 0.15) is 0 Å². The first-order valence-electron chi connectivity index (χ1n) is 8.44. The SMILES string of the molecule is COCC(C)NC(=O)C1CCCN(S(=O)(=O)Cc2c(Cl)cccc2Cl)C1. The van der Waals surface area contributed by atoms with Crippen LogP contribution in [-0.2, 0) is 25.3 Å². The number of amides is 1. The molecule has 1 amide bonds. The largest absolute Gasteiger partial charge is 0.383 e. The highest BCUT2D eigenvalue weighted by atomic mass is 35.5. The monoisotopic (exact) mass is 422 g/mol. The second-order valence-electron chi connectivity index (χ2n) is 6.52. The molecular weight excluding hydrogens is 399 g/mol. The molecule has 2 atom stereocenters. The molecule has 0 spiro atoms. The van der Waals surface area contributed by atoms with Crippen molar-refractivity contribution in [2.45, 2.75) is 31.6 Å². The molecular formula is C17H24Cl2N2O4S. The van der Waals surface area contributed by atoms with E-state index in [1.54, 1.807) is 25.3 Å². The number of rotatable bonds is 7. The van der Waals surface area contributed by atoms with Gasteiger partial charge in [-0.1, -0.05) is 29.3 Å². The molecule has 1 saturated heterocycles. The summed E-state index contributed by atoms with van der Waals surface area (Å²) < 4.78 is 32.0. The zero-order chi connectivity index (χ0) is 19.3. The Labute approximate surface area is 164 Å². The van der Waals surface area contributed by atoms with Gasteiger partial charge in [-0.2, -0.15) is 0 Å². The van der Waals surface area contributed by atoms with Gasteiger partial charge < -0.3 is 10.1 Å². The van der Waals surface area contributed by atoms with Crippen molar-refractivity contribution in [2.24, 2.45) is 5.92 Å². The van der Waals surface area contributed by atoms with Gasteiger partial charge in [0.25, 0.3) is 0 Å². The molecule has 1 N–H and O–H groups in total. The number of carbonyl (C=O) groups excluding carboxylic acids is 1. The van der Waals surface area contributed by atoms with Gasteiger partial charge in [-0.05, 0) is 31.9 Å². The maximum Gasteiger partial charge on any atom is 0.224 e. The topological polar surface area (TPSA) is 75.7 Å². The number of hydrogen-bond donors (Lipinski definition) is 1. The number of nitrogens with zero attached hydrogens (tertiary/aromatic N) is 1. The van der Waals surface area contributed by atoms with Gasteiger partial charge in [0.15, 0.2) is 0 Å². The van der Waals surface area contributed by atoms with Crippen molar-refractivity contribution in [2.75, 3.05) is 26.8 Å². The van der Waals surface area contributed by atoms with E-state index in [4.69, 9.17) is 27.9 Å². The summed E-state index contributed by atoms with van der Waals surface area (Å²) in [5, 5.41) is 3.50. The Morgan fingerprint density at radius 1 is 1.38 bits per heavy atom. The lowest BCUT2D eigenvalue weighted by Crippen LogP contribution is -2.48. The summed E-state index contributed by atoms with van der Waals surface area (Å²) in [6.45, 7) is 2.81. The Balaban J connectivity index is 2.06. The van der Waals surface area contributed by atoms with Crippen LogP contribution in [0.1, 0.15) is 25.3 Å². The second kappa shape index (κ2) is 9.37. The van der Waals surface area contributed by atoms with Crippen molar-refractivity contribution in [3.05, 3.63) is 33.8 Å². The molecule has 1 aliphatic rings. The zero-order valence-electron chi connectivity index (χ0n) is 14.9. The van der Waals surface area contributed by atoms with Crippen LogP contribution in [0.15, 0.2) is 18.2 Å². The van der Waals surface area contributed by atoms with Crippen LogP contribution in [0.25, 0.3) is 0 Å². The molecule has 6 nitrogen and oxygen atoms in total. The number of halogens is 2. The Hall–Kier alpha value is -0.860. The molecule has 9 heteroatoms. The van der Waals surface area contributed by atoms with Crippen LogP contribution in [0.2, 0.25) is 10.0 Å². The van der Waals surface area contributed by atoms with Crippen molar-refractivity contribution >= 4 is 39.1 Å². The molecule has 0 aliphatic carbocycles. The van der Waals surface area contributed by atoms with Crippen molar-refractivity contribution in [3.8, 4) is 0 Å². The van der Waals surface area contributed by atoms with E-state index in [1.165, 1.54) is 4.31 Å². The molecule has 1 fully saturated rings. The molecule has 0 bridgehead atoms. The lowest BCUT2D eigenvalue weighted by atomic mass is 9.98. The van der Waals surface area contributed by atoms with Gasteiger partial charge in [0.2, 0.25) is 15.9 Å². The van der Waals surface area contributed by atoms with Crippen molar-refractivity contribution in [3.63, 3.8) is 0 Å². The number of hydrogen-bond acceptors (Lipinski definition) is 4. The van der Waals surface area contributed by atoms with E-state index in [0.717, 1.165) is 0 Å². The summed E-state index contributed by atoms with van der Waals surface area (Å²) >= 11 is 12.2. The summed E-state index contributed by atoms with van der Waals surface area (Å²) in [6, 6.07) is 4.77. The van der Waals surface area contributed by atoms with Gasteiger partial charge in [-0.3, -0.25) is 4.79 Å². The minimum absolute atomic E-state index is 0.124. The van der Waals surface area contributed by atoms with Crippen molar-refractivity contribution < 1.29 is 17.9 Å². The zero-order valence-corrected chi connectivity index (χ0v) is 17.2. The summed E-state index contributed by atoms with van der Waals surface area (Å²) in [4.78, 5) is 12.4. The molecule has 0 aromatic heterocycles. The van der Waals surface area contributed by atoms with Crippen LogP contribution in [-0.4, -0.2) is 51.5 Å². The van der Waals surface area contributed by atoms with E-state index in [-0.39, 0.29) is 30.2 Å². The van der Waals surface area contributed by atoms with E-state index in [9.17, 15) is 13.2 Å². The Morgan fingerprint density at radius 3 is 2.65 bits per heavy atom. The van der Waals surface area contributed by atoms with Crippen LogP contribution >= 0.6 is 23.2 Å². The maximum absolute atomic E-state index is 12.8. The number of methoxy groups -OCH3 is 1. The van der Waals surface area contributed by atoms with Gasteiger partial charge in [0, 0.05) is 41.8 Å². The van der Waals surface area contributed by atoms with Crippen molar-refractivity contribution in [1.82, 2.24) is 9.62 Å². The second-order valence-corrected chi connectivity index (χ2v) is 9.30. The number of nitrogens with one attached hydrogen (secondary N) is 1. The standard InChI is InChI=1S/C17H24Cl2N2O4S/c1-12(10-25-2)20-17(22)13-5-4-8-21(9-13)26(23,24)11-14-15(18)6-3-7-16(14)19/h3,6-7,12-13H,4-5,8-11H2,1-2H3,(H,20,22). The normalized spacial score (nSPS) is 19.9. The Kier molecular flexibility index (Phi) is 7.73. The Morgan fingerprint density at radius 2 is 2.04 bits per heavy atom. The smallest absolute Gasteiger partial charge is 0.224 e. The molecule has 2 unspecified atom stereocenters. The first-order valence-corrected chi connectivity index (χ1v) is 10.8. The lowest BCUT2D eigenvalue weighted by molar-refractivity contribution is -0.127. The van der Waals surface area contributed by atoms with Crippen LogP contribution in [0.4, 0.5) is 0 Å². The quantitative estimate of drug-likeness (QED) is 0.732. The number of ether oxygens (including phenoxy) is 1. The fraction of sp³-hybridized carbons (Fsp3) is 0.588. The molecule has 1 aliphatic heterocycles. The molecule has 146 valence electrons. The van der Waals surface area contributed by atoms with Gasteiger partial charge in [0.05, 0.1) is 18.3 Å². The first-order chi connectivity index (χ1) is 12.2. The molecule has 2 rings (SSSR count). The van der Waals surface area contributed by atoms with Crippen LogP contribution in [0.3, 0.4) is 0 Å². The molecule has 0 saturated carbocycles. The summed E-state index contributed by atoms with van der Waals surface area (Å²) in [5.74, 6) is -0.801. The fourth-order valence-corrected chi connectivity index (χ4v) is 5.37. The maximum atomic E-state index is 12.8. The fourth-order valence-electron chi connectivity index (χ4n) is 3.01. The number of sulfonamides is 1. The highest BCUT2D eigenvalue weighted by Gasteiger charge is 2.33. The van der Waals surface area contributed by atoms with Gasteiger partial charge >= 0.3 is 0 Å². The Bertz CT molecular complexity index is 722. The molecule has 0 radical (unpaired) electrons. The van der Waals surface area contributed by atoms with E-state index >= 15 is 0 Å². The lowest BCUT2D eigenvalue weighted by Gasteiger charge is -2.32. The summed E-state index contributed by atoms with van der Waals surface area (Å²) in [7, 11) is -2.06. The van der Waals surface area contributed by atoms with Crippen LogP contribution < -0.4 is 5.32 Å². The highest BCUT2D eigenvalue weighted by Crippen LogP contribution is 2.29. The van der Waals surface area contributed by atoms with E-state index in [0.29, 0.717) is 41.6 Å². The molecule has 26 heavy (non-hydrogen) atoms.